The first-order valence-electron chi connectivity index (χ1n) is 7.71. The zero-order valence-corrected chi connectivity index (χ0v) is 14.2. The Kier molecular flexibility index (Phi) is 4.15. The van der Waals surface area contributed by atoms with E-state index >= 15 is 0 Å². The highest BCUT2D eigenvalue weighted by atomic mass is 32.2. The number of rotatable bonds is 4. The molecule has 0 amide bonds. The third kappa shape index (κ3) is 3.23. The first-order chi connectivity index (χ1) is 12.2. The molecule has 0 aliphatic heterocycles. The second-order valence-corrected chi connectivity index (χ2v) is 6.57. The van der Waals surface area contributed by atoms with Crippen LogP contribution < -0.4 is 0 Å². The van der Waals surface area contributed by atoms with Crippen LogP contribution in [0.1, 0.15) is 11.1 Å². The molecule has 7 heteroatoms. The van der Waals surface area contributed by atoms with Crippen molar-refractivity contribution in [1.29, 1.82) is 0 Å². The van der Waals surface area contributed by atoms with Crippen molar-refractivity contribution in [2.24, 2.45) is 0 Å². The molecule has 0 saturated heterocycles. The summed E-state index contributed by atoms with van der Waals surface area (Å²) in [6.07, 6.45) is 1.52. The molecule has 2 heterocycles. The summed E-state index contributed by atoms with van der Waals surface area (Å²) in [7, 11) is 0. The molecular weight excluding hydrogens is 337 g/mol. The normalized spacial score (nSPS) is 11.1. The van der Waals surface area contributed by atoms with Gasteiger partial charge in [-0.3, -0.25) is 0 Å². The van der Waals surface area contributed by atoms with E-state index in [1.54, 1.807) is 16.8 Å². The van der Waals surface area contributed by atoms with Crippen molar-refractivity contribution < 1.29 is 4.39 Å². The monoisotopic (exact) mass is 351 g/mol. The molecule has 2 aromatic heterocycles. The van der Waals surface area contributed by atoms with E-state index in [-0.39, 0.29) is 5.82 Å². The fourth-order valence-electron chi connectivity index (χ4n) is 2.43. The molecule has 5 nitrogen and oxygen atoms in total. The van der Waals surface area contributed by atoms with E-state index in [0.29, 0.717) is 16.9 Å². The van der Waals surface area contributed by atoms with Crippen LogP contribution in [0.2, 0.25) is 0 Å². The van der Waals surface area contributed by atoms with Crippen molar-refractivity contribution in [2.45, 2.75) is 17.7 Å². The van der Waals surface area contributed by atoms with Crippen LogP contribution >= 0.6 is 11.8 Å². The molecule has 0 N–H and O–H groups in total. The number of nitrogens with zero attached hydrogens (tertiary/aromatic N) is 5. The SMILES string of the molecule is Cc1ccc(-n2nnc3c(SCc4ccc(F)cc4)ncnc32)cc1. The number of hydrogen-bond donors (Lipinski definition) is 0. The molecule has 2 aromatic carbocycles. The maximum atomic E-state index is 13.0. The quantitative estimate of drug-likeness (QED) is 0.412. The molecule has 0 spiro atoms. The fourth-order valence-corrected chi connectivity index (χ4v) is 3.31. The molecule has 4 rings (SSSR count). The van der Waals surface area contributed by atoms with Crippen molar-refractivity contribution in [3.63, 3.8) is 0 Å². The third-order valence-corrected chi connectivity index (χ3v) is 4.82. The molecule has 25 heavy (non-hydrogen) atoms. The maximum Gasteiger partial charge on any atom is 0.187 e. The maximum absolute atomic E-state index is 13.0. The van der Waals surface area contributed by atoms with Crippen molar-refractivity contribution in [1.82, 2.24) is 25.0 Å². The smallest absolute Gasteiger partial charge is 0.187 e. The second-order valence-electron chi connectivity index (χ2n) is 5.60. The van der Waals surface area contributed by atoms with Crippen LogP contribution in [0.3, 0.4) is 0 Å². The molecule has 124 valence electrons. The van der Waals surface area contributed by atoms with Gasteiger partial charge >= 0.3 is 0 Å². The summed E-state index contributed by atoms with van der Waals surface area (Å²) >= 11 is 1.53. The number of fused-ring (bicyclic) bond motifs is 1. The summed E-state index contributed by atoms with van der Waals surface area (Å²) in [5, 5.41) is 9.23. The van der Waals surface area contributed by atoms with Crippen LogP contribution in [0.25, 0.3) is 16.9 Å². The van der Waals surface area contributed by atoms with Crippen LogP contribution in [0, 0.1) is 12.7 Å². The van der Waals surface area contributed by atoms with Crippen LogP contribution in [-0.2, 0) is 5.75 Å². The molecule has 0 atom stereocenters. The Labute approximate surface area is 147 Å². The van der Waals surface area contributed by atoms with Crippen molar-refractivity contribution >= 4 is 22.9 Å². The second kappa shape index (κ2) is 6.60. The first kappa shape index (κ1) is 15.7. The van der Waals surface area contributed by atoms with Crippen LogP contribution in [-0.4, -0.2) is 25.0 Å². The van der Waals surface area contributed by atoms with Gasteiger partial charge in [-0.15, -0.1) is 5.10 Å². The van der Waals surface area contributed by atoms with Gasteiger partial charge in [0, 0.05) is 5.75 Å². The number of hydrogen-bond acceptors (Lipinski definition) is 5. The fraction of sp³-hybridized carbons (Fsp3) is 0.111. The lowest BCUT2D eigenvalue weighted by Gasteiger charge is -2.03. The first-order valence-corrected chi connectivity index (χ1v) is 8.70. The predicted molar refractivity (Wildman–Crippen MR) is 95.2 cm³/mol. The molecule has 0 fully saturated rings. The zero-order chi connectivity index (χ0) is 17.2. The van der Waals surface area contributed by atoms with Crippen molar-refractivity contribution in [3.05, 3.63) is 71.8 Å². The van der Waals surface area contributed by atoms with Gasteiger partial charge in [-0.2, -0.15) is 4.68 Å². The standard InChI is InChI=1S/C18H14FN5S/c1-12-2-8-15(9-3-12)24-17-16(22-23-24)18(21-11-20-17)25-10-13-4-6-14(19)7-5-13/h2-9,11H,10H2,1H3. The topological polar surface area (TPSA) is 56.5 Å². The Balaban J connectivity index is 1.64. The lowest BCUT2D eigenvalue weighted by molar-refractivity contribution is 0.627. The lowest BCUT2D eigenvalue weighted by Crippen LogP contribution is -1.98. The Bertz CT molecular complexity index is 1010. The number of benzene rings is 2. The van der Waals surface area contributed by atoms with Gasteiger partial charge in [-0.05, 0) is 36.8 Å². The van der Waals surface area contributed by atoms with Crippen molar-refractivity contribution in [3.8, 4) is 5.69 Å². The summed E-state index contributed by atoms with van der Waals surface area (Å²) in [4.78, 5) is 8.65. The van der Waals surface area contributed by atoms with Gasteiger partial charge in [-0.1, -0.05) is 46.8 Å². The molecular formula is C18H14FN5S. The zero-order valence-electron chi connectivity index (χ0n) is 13.4. The van der Waals surface area contributed by atoms with Gasteiger partial charge in [-0.25, -0.2) is 14.4 Å². The van der Waals surface area contributed by atoms with E-state index in [9.17, 15) is 4.39 Å². The summed E-state index contributed by atoms with van der Waals surface area (Å²) in [6.45, 7) is 2.04. The van der Waals surface area contributed by atoms with E-state index in [0.717, 1.165) is 16.3 Å². The Morgan fingerprint density at radius 2 is 1.76 bits per heavy atom. The summed E-state index contributed by atoms with van der Waals surface area (Å²) in [5.41, 5.74) is 4.43. The third-order valence-electron chi connectivity index (χ3n) is 3.77. The van der Waals surface area contributed by atoms with E-state index in [2.05, 4.69) is 20.3 Å². The van der Waals surface area contributed by atoms with Gasteiger partial charge in [0.1, 0.15) is 17.2 Å². The van der Waals surface area contributed by atoms with Gasteiger partial charge in [0.2, 0.25) is 0 Å². The lowest BCUT2D eigenvalue weighted by atomic mass is 10.2. The van der Waals surface area contributed by atoms with Crippen LogP contribution in [0.15, 0.2) is 59.9 Å². The summed E-state index contributed by atoms with van der Waals surface area (Å²) in [5.74, 6) is 0.434. The van der Waals surface area contributed by atoms with Crippen LogP contribution in [0.4, 0.5) is 4.39 Å². The molecule has 0 aliphatic rings. The summed E-state index contributed by atoms with van der Waals surface area (Å²) in [6, 6.07) is 14.5. The Hall–Kier alpha value is -2.80. The minimum atomic E-state index is -0.237. The number of halogens is 1. The predicted octanol–water partition coefficient (Wildman–Crippen LogP) is 3.95. The van der Waals surface area contributed by atoms with E-state index in [1.807, 2.05) is 31.2 Å². The molecule has 0 saturated carbocycles. The average Bonchev–Trinajstić information content (AvgIpc) is 3.07. The highest BCUT2D eigenvalue weighted by Gasteiger charge is 2.13. The van der Waals surface area contributed by atoms with E-state index < -0.39 is 0 Å². The number of aryl methyl sites for hydroxylation is 1. The minimum absolute atomic E-state index is 0.237. The Morgan fingerprint density at radius 3 is 2.52 bits per heavy atom. The van der Waals surface area contributed by atoms with E-state index in [4.69, 9.17) is 0 Å². The Morgan fingerprint density at radius 1 is 1.00 bits per heavy atom. The van der Waals surface area contributed by atoms with Gasteiger partial charge in [0.25, 0.3) is 0 Å². The minimum Gasteiger partial charge on any atom is -0.227 e. The summed E-state index contributed by atoms with van der Waals surface area (Å²) < 4.78 is 14.7. The molecule has 0 unspecified atom stereocenters. The van der Waals surface area contributed by atoms with Crippen LogP contribution in [0.5, 0.6) is 0 Å². The average molecular weight is 351 g/mol. The van der Waals surface area contributed by atoms with Gasteiger partial charge in [0.15, 0.2) is 11.2 Å². The van der Waals surface area contributed by atoms with Gasteiger partial charge < -0.3 is 0 Å². The largest absolute Gasteiger partial charge is 0.227 e. The number of thioether (sulfide) groups is 1. The van der Waals surface area contributed by atoms with Crippen molar-refractivity contribution in [2.75, 3.05) is 0 Å². The van der Waals surface area contributed by atoms with E-state index in [1.165, 1.54) is 35.8 Å². The molecule has 0 aliphatic carbocycles. The molecule has 0 radical (unpaired) electrons. The molecule has 0 bridgehead atoms. The van der Waals surface area contributed by atoms with Gasteiger partial charge in [0.05, 0.1) is 5.69 Å². The highest BCUT2D eigenvalue weighted by molar-refractivity contribution is 7.98. The number of aromatic nitrogens is 5. The highest BCUT2D eigenvalue weighted by Crippen LogP contribution is 2.27. The molecule has 4 aromatic rings.